The van der Waals surface area contributed by atoms with Gasteiger partial charge in [-0.3, -0.25) is 5.10 Å². The molecule has 0 radical (unpaired) electrons. The molecule has 1 aromatic heterocycles. The Morgan fingerprint density at radius 2 is 2.00 bits per heavy atom. The first-order valence-corrected chi connectivity index (χ1v) is 7.76. The summed E-state index contributed by atoms with van der Waals surface area (Å²) >= 11 is 0. The first-order valence-electron chi connectivity index (χ1n) is 6.32. The minimum Gasteiger partial charge on any atom is -0.284 e. The summed E-state index contributed by atoms with van der Waals surface area (Å²) in [6.45, 7) is 0.248. The van der Waals surface area contributed by atoms with Crippen molar-refractivity contribution in [1.29, 1.82) is 0 Å². The van der Waals surface area contributed by atoms with Gasteiger partial charge in [-0.05, 0) is 30.5 Å². The molecular weight excluding hydrogens is 281 g/mol. The molecule has 106 valence electrons. The number of sulfonamides is 1. The number of rotatable bonds is 5. The highest BCUT2D eigenvalue weighted by atomic mass is 32.2. The molecule has 1 aliphatic rings. The van der Waals surface area contributed by atoms with Crippen LogP contribution in [0.25, 0.3) is 0 Å². The van der Waals surface area contributed by atoms with Crippen molar-refractivity contribution in [3.8, 4) is 0 Å². The van der Waals surface area contributed by atoms with Gasteiger partial charge in [-0.15, -0.1) is 0 Å². The van der Waals surface area contributed by atoms with Crippen molar-refractivity contribution >= 4 is 10.0 Å². The quantitative estimate of drug-likeness (QED) is 0.916. The minimum absolute atomic E-state index is 0.0277. The van der Waals surface area contributed by atoms with Gasteiger partial charge in [0.15, 0.2) is 0 Å². The van der Waals surface area contributed by atoms with Crippen LogP contribution < -0.4 is 0 Å². The van der Waals surface area contributed by atoms with Crippen LogP contribution in [0.2, 0.25) is 0 Å². The van der Waals surface area contributed by atoms with Gasteiger partial charge in [0, 0.05) is 18.8 Å². The van der Waals surface area contributed by atoms with E-state index in [4.69, 9.17) is 0 Å². The minimum atomic E-state index is -3.56. The highest BCUT2D eigenvalue weighted by Gasteiger charge is 2.38. The van der Waals surface area contributed by atoms with Gasteiger partial charge in [0.1, 0.15) is 10.7 Å². The van der Waals surface area contributed by atoms with Gasteiger partial charge in [0.25, 0.3) is 0 Å². The van der Waals surface area contributed by atoms with Crippen molar-refractivity contribution in [3.05, 3.63) is 48.0 Å². The van der Waals surface area contributed by atoms with Crippen molar-refractivity contribution in [3.63, 3.8) is 0 Å². The van der Waals surface area contributed by atoms with E-state index in [9.17, 15) is 12.8 Å². The zero-order valence-electron chi connectivity index (χ0n) is 10.7. The average Bonchev–Trinajstić information content (AvgIpc) is 3.09. The van der Waals surface area contributed by atoms with Crippen molar-refractivity contribution in [1.82, 2.24) is 14.5 Å². The van der Waals surface area contributed by atoms with E-state index in [1.54, 1.807) is 12.1 Å². The van der Waals surface area contributed by atoms with Gasteiger partial charge in [-0.25, -0.2) is 12.8 Å². The molecule has 1 heterocycles. The highest BCUT2D eigenvalue weighted by molar-refractivity contribution is 7.89. The van der Waals surface area contributed by atoms with Crippen LogP contribution in [0.3, 0.4) is 0 Å². The Bertz CT molecular complexity index is 679. The number of hydrogen-bond acceptors (Lipinski definition) is 3. The zero-order chi connectivity index (χ0) is 14.2. The fraction of sp³-hybridized carbons (Fsp3) is 0.308. The second-order valence-corrected chi connectivity index (χ2v) is 6.73. The summed E-state index contributed by atoms with van der Waals surface area (Å²) in [7, 11) is -3.56. The molecular formula is C13H14FN3O2S. The van der Waals surface area contributed by atoms with Crippen molar-refractivity contribution in [2.24, 2.45) is 0 Å². The van der Waals surface area contributed by atoms with Gasteiger partial charge in [0.2, 0.25) is 10.0 Å². The molecule has 3 rings (SSSR count). The Morgan fingerprint density at radius 3 is 2.55 bits per heavy atom. The van der Waals surface area contributed by atoms with E-state index in [2.05, 4.69) is 10.2 Å². The number of hydrogen-bond donors (Lipinski definition) is 1. The van der Waals surface area contributed by atoms with Gasteiger partial charge in [-0.1, -0.05) is 12.1 Å². The number of nitrogens with zero attached hydrogens (tertiary/aromatic N) is 2. The predicted octanol–water partition coefficient (Wildman–Crippen LogP) is 1.90. The maximum absolute atomic E-state index is 12.9. The Hall–Kier alpha value is -1.73. The largest absolute Gasteiger partial charge is 0.284 e. The lowest BCUT2D eigenvalue weighted by Gasteiger charge is -2.21. The van der Waals surface area contributed by atoms with Gasteiger partial charge in [0.05, 0.1) is 6.20 Å². The maximum atomic E-state index is 12.9. The molecule has 2 aromatic rings. The Balaban J connectivity index is 1.88. The van der Waals surface area contributed by atoms with E-state index in [1.165, 1.54) is 28.8 Å². The molecule has 1 aromatic carbocycles. The molecule has 0 saturated heterocycles. The fourth-order valence-corrected chi connectivity index (χ4v) is 3.64. The molecule has 20 heavy (non-hydrogen) atoms. The van der Waals surface area contributed by atoms with Crippen LogP contribution in [0.4, 0.5) is 4.39 Å². The zero-order valence-corrected chi connectivity index (χ0v) is 11.5. The summed E-state index contributed by atoms with van der Waals surface area (Å²) in [5.41, 5.74) is 0.769. The lowest BCUT2D eigenvalue weighted by Crippen LogP contribution is -2.32. The lowest BCUT2D eigenvalue weighted by molar-refractivity contribution is 0.398. The fourth-order valence-electron chi connectivity index (χ4n) is 2.06. The average molecular weight is 295 g/mol. The topological polar surface area (TPSA) is 66.1 Å². The van der Waals surface area contributed by atoms with Crippen molar-refractivity contribution in [2.75, 3.05) is 0 Å². The Kier molecular flexibility index (Phi) is 3.31. The number of H-pyrrole nitrogens is 1. The van der Waals surface area contributed by atoms with Crippen LogP contribution >= 0.6 is 0 Å². The smallest absolute Gasteiger partial charge is 0.246 e. The summed E-state index contributed by atoms with van der Waals surface area (Å²) in [6, 6.07) is 5.92. The number of halogens is 1. The van der Waals surface area contributed by atoms with Crippen LogP contribution in [0.5, 0.6) is 0 Å². The Morgan fingerprint density at radius 1 is 1.30 bits per heavy atom. The molecule has 1 N–H and O–H groups in total. The number of benzene rings is 1. The molecule has 0 aliphatic heterocycles. The second-order valence-electron chi connectivity index (χ2n) is 4.84. The molecule has 0 spiro atoms. The van der Waals surface area contributed by atoms with E-state index in [0.717, 1.165) is 18.4 Å². The van der Waals surface area contributed by atoms with E-state index in [0.29, 0.717) is 0 Å². The third-order valence-corrected chi connectivity index (χ3v) is 5.15. The molecule has 0 unspecified atom stereocenters. The third kappa shape index (κ3) is 2.59. The molecule has 7 heteroatoms. The molecule has 0 atom stereocenters. The van der Waals surface area contributed by atoms with Crippen LogP contribution in [0.15, 0.2) is 41.6 Å². The van der Waals surface area contributed by atoms with E-state index in [1.807, 2.05) is 0 Å². The normalized spacial score (nSPS) is 15.7. The lowest BCUT2D eigenvalue weighted by atomic mass is 10.2. The van der Waals surface area contributed by atoms with Gasteiger partial charge >= 0.3 is 0 Å². The first kappa shape index (κ1) is 13.3. The van der Waals surface area contributed by atoms with E-state index < -0.39 is 10.0 Å². The van der Waals surface area contributed by atoms with Gasteiger partial charge < -0.3 is 0 Å². The predicted molar refractivity (Wildman–Crippen MR) is 70.7 cm³/mol. The van der Waals surface area contributed by atoms with Crippen molar-refractivity contribution < 1.29 is 12.8 Å². The summed E-state index contributed by atoms with van der Waals surface area (Å²) in [6.07, 6.45) is 4.39. The van der Waals surface area contributed by atoms with Gasteiger partial charge in [-0.2, -0.15) is 9.40 Å². The van der Waals surface area contributed by atoms with Crippen molar-refractivity contribution in [2.45, 2.75) is 30.3 Å². The molecule has 0 bridgehead atoms. The third-order valence-electron chi connectivity index (χ3n) is 3.29. The second kappa shape index (κ2) is 4.99. The maximum Gasteiger partial charge on any atom is 0.246 e. The summed E-state index contributed by atoms with van der Waals surface area (Å²) in [5, 5.41) is 6.20. The summed E-state index contributed by atoms with van der Waals surface area (Å²) < 4.78 is 39.4. The summed E-state index contributed by atoms with van der Waals surface area (Å²) in [5.74, 6) is -0.329. The van der Waals surface area contributed by atoms with E-state index >= 15 is 0 Å². The molecule has 5 nitrogen and oxygen atoms in total. The number of aromatic nitrogens is 2. The first-order chi connectivity index (χ1) is 9.57. The monoisotopic (exact) mass is 295 g/mol. The number of nitrogens with one attached hydrogen (secondary N) is 1. The van der Waals surface area contributed by atoms with Crippen LogP contribution in [-0.4, -0.2) is 29.0 Å². The summed E-state index contributed by atoms with van der Waals surface area (Å²) in [4.78, 5) is 0.159. The molecule has 0 amide bonds. The Labute approximate surface area is 116 Å². The standard InChI is InChI=1S/C13H14FN3O2S/c14-11-3-1-10(2-4-11)9-17(12-5-6-12)20(18,19)13-7-15-16-8-13/h1-4,7-8,12H,5-6,9H2,(H,15,16). The highest BCUT2D eigenvalue weighted by Crippen LogP contribution is 2.33. The molecule has 1 saturated carbocycles. The molecule has 1 aliphatic carbocycles. The van der Waals surface area contributed by atoms with E-state index in [-0.39, 0.29) is 23.3 Å². The van der Waals surface area contributed by atoms with Crippen LogP contribution in [0, 0.1) is 5.82 Å². The van der Waals surface area contributed by atoms with Crippen LogP contribution in [-0.2, 0) is 16.6 Å². The number of aromatic amines is 1. The molecule has 1 fully saturated rings. The van der Waals surface area contributed by atoms with Crippen LogP contribution in [0.1, 0.15) is 18.4 Å². The SMILES string of the molecule is O=S(=O)(c1cn[nH]c1)N(Cc1ccc(F)cc1)C1CC1.